The molecule has 0 amide bonds. The highest BCUT2D eigenvalue weighted by molar-refractivity contribution is 5.30. The topological polar surface area (TPSA) is 12.0 Å². The van der Waals surface area contributed by atoms with Crippen molar-refractivity contribution in [3.05, 3.63) is 34.9 Å². The zero-order chi connectivity index (χ0) is 12.2. The lowest BCUT2D eigenvalue weighted by atomic mass is 9.95. The van der Waals surface area contributed by atoms with Crippen LogP contribution in [0.25, 0.3) is 0 Å². The maximum Gasteiger partial charge on any atom is 0.0213 e. The van der Waals surface area contributed by atoms with Crippen molar-refractivity contribution >= 4 is 0 Å². The van der Waals surface area contributed by atoms with Gasteiger partial charge in [0.1, 0.15) is 0 Å². The molecule has 1 heteroatoms. The minimum atomic E-state index is 0.275. The molecule has 0 saturated heterocycles. The Kier molecular flexibility index (Phi) is 4.55. The second-order valence-corrected chi connectivity index (χ2v) is 5.05. The molecule has 16 heavy (non-hydrogen) atoms. The number of hydrogen-bond donors (Lipinski definition) is 1. The molecule has 90 valence electrons. The molecule has 0 aromatic heterocycles. The van der Waals surface area contributed by atoms with E-state index in [0.717, 1.165) is 6.54 Å². The first-order chi connectivity index (χ1) is 7.50. The van der Waals surface area contributed by atoms with E-state index >= 15 is 0 Å². The Labute approximate surface area is 100 Å². The molecule has 1 N–H and O–H groups in total. The highest BCUT2D eigenvalue weighted by Gasteiger charge is 2.18. The lowest BCUT2D eigenvalue weighted by Crippen LogP contribution is -2.40. The molecule has 1 aromatic rings. The lowest BCUT2D eigenvalue weighted by molar-refractivity contribution is 0.329. The van der Waals surface area contributed by atoms with Crippen molar-refractivity contribution in [2.75, 3.05) is 0 Å². The first-order valence-electron chi connectivity index (χ1n) is 6.32. The van der Waals surface area contributed by atoms with Gasteiger partial charge in [0.15, 0.2) is 0 Å². The van der Waals surface area contributed by atoms with E-state index < -0.39 is 0 Å². The summed E-state index contributed by atoms with van der Waals surface area (Å²) < 4.78 is 0. The number of rotatable bonds is 5. The number of aryl methyl sites for hydroxylation is 2. The Balaban J connectivity index is 2.67. The van der Waals surface area contributed by atoms with Gasteiger partial charge in [0, 0.05) is 12.1 Å². The van der Waals surface area contributed by atoms with Gasteiger partial charge in [0.05, 0.1) is 0 Å². The van der Waals surface area contributed by atoms with E-state index in [2.05, 4.69) is 58.1 Å². The van der Waals surface area contributed by atoms with E-state index in [1.807, 2.05) is 0 Å². The molecule has 0 aliphatic heterocycles. The number of benzene rings is 1. The van der Waals surface area contributed by atoms with Gasteiger partial charge in [-0.15, -0.1) is 0 Å². The Morgan fingerprint density at radius 3 is 2.25 bits per heavy atom. The molecule has 0 spiro atoms. The molecule has 0 heterocycles. The average Bonchev–Trinajstić information content (AvgIpc) is 2.27. The minimum absolute atomic E-state index is 0.275. The van der Waals surface area contributed by atoms with E-state index in [-0.39, 0.29) is 5.54 Å². The largest absolute Gasteiger partial charge is 0.307 e. The second kappa shape index (κ2) is 5.49. The van der Waals surface area contributed by atoms with Crippen LogP contribution in [0, 0.1) is 13.8 Å². The van der Waals surface area contributed by atoms with Crippen LogP contribution in [-0.2, 0) is 6.54 Å². The molecular weight excluding hydrogens is 194 g/mol. The van der Waals surface area contributed by atoms with Crippen LogP contribution in [0.5, 0.6) is 0 Å². The van der Waals surface area contributed by atoms with Gasteiger partial charge in [0.25, 0.3) is 0 Å². The van der Waals surface area contributed by atoms with Gasteiger partial charge in [-0.1, -0.05) is 37.6 Å². The quantitative estimate of drug-likeness (QED) is 0.790. The summed E-state index contributed by atoms with van der Waals surface area (Å²) in [5, 5.41) is 3.67. The Morgan fingerprint density at radius 2 is 1.75 bits per heavy atom. The first-order valence-corrected chi connectivity index (χ1v) is 6.32. The van der Waals surface area contributed by atoms with Crippen LogP contribution in [-0.4, -0.2) is 5.54 Å². The molecule has 0 bridgehead atoms. The SMILES string of the molecule is CCC(C)(CC)NCc1ccc(C)cc1C. The lowest BCUT2D eigenvalue weighted by Gasteiger charge is -2.28. The third kappa shape index (κ3) is 3.34. The fourth-order valence-corrected chi connectivity index (χ4v) is 1.85. The van der Waals surface area contributed by atoms with Crippen molar-refractivity contribution in [1.82, 2.24) is 5.32 Å². The van der Waals surface area contributed by atoms with Crippen LogP contribution in [0.3, 0.4) is 0 Å². The van der Waals surface area contributed by atoms with E-state index in [1.165, 1.54) is 29.5 Å². The van der Waals surface area contributed by atoms with Crippen LogP contribution in [0.4, 0.5) is 0 Å². The summed E-state index contributed by atoms with van der Waals surface area (Å²) in [5.74, 6) is 0. The first kappa shape index (κ1) is 13.2. The predicted molar refractivity (Wildman–Crippen MR) is 71.7 cm³/mol. The summed E-state index contributed by atoms with van der Waals surface area (Å²) in [7, 11) is 0. The molecule has 1 aromatic carbocycles. The zero-order valence-corrected chi connectivity index (χ0v) is 11.4. The van der Waals surface area contributed by atoms with Crippen molar-refractivity contribution in [2.24, 2.45) is 0 Å². The molecule has 1 rings (SSSR count). The summed E-state index contributed by atoms with van der Waals surface area (Å²) in [5.41, 5.74) is 4.42. The number of nitrogens with one attached hydrogen (secondary N) is 1. The van der Waals surface area contributed by atoms with Gasteiger partial charge >= 0.3 is 0 Å². The van der Waals surface area contributed by atoms with E-state index in [1.54, 1.807) is 0 Å². The van der Waals surface area contributed by atoms with Gasteiger partial charge < -0.3 is 5.32 Å². The average molecular weight is 219 g/mol. The maximum absolute atomic E-state index is 3.67. The maximum atomic E-state index is 3.67. The van der Waals surface area contributed by atoms with Gasteiger partial charge in [-0.3, -0.25) is 0 Å². The van der Waals surface area contributed by atoms with Crippen LogP contribution >= 0.6 is 0 Å². The Hall–Kier alpha value is -0.820. The predicted octanol–water partition coefficient (Wildman–Crippen LogP) is 3.97. The molecule has 0 aliphatic rings. The molecule has 0 unspecified atom stereocenters. The minimum Gasteiger partial charge on any atom is -0.307 e. The van der Waals surface area contributed by atoms with E-state index in [4.69, 9.17) is 0 Å². The molecule has 1 nitrogen and oxygen atoms in total. The van der Waals surface area contributed by atoms with E-state index in [9.17, 15) is 0 Å². The molecule has 0 aliphatic carbocycles. The Morgan fingerprint density at radius 1 is 1.12 bits per heavy atom. The third-order valence-electron chi connectivity index (χ3n) is 3.76. The molecule has 0 radical (unpaired) electrons. The summed E-state index contributed by atoms with van der Waals surface area (Å²) >= 11 is 0. The van der Waals surface area contributed by atoms with Crippen molar-refractivity contribution in [3.8, 4) is 0 Å². The van der Waals surface area contributed by atoms with Crippen molar-refractivity contribution in [3.63, 3.8) is 0 Å². The zero-order valence-electron chi connectivity index (χ0n) is 11.4. The second-order valence-electron chi connectivity index (χ2n) is 5.05. The standard InChI is InChI=1S/C15H25N/c1-6-15(5,7-2)16-11-14-9-8-12(3)10-13(14)4/h8-10,16H,6-7,11H2,1-5H3. The van der Waals surface area contributed by atoms with Crippen molar-refractivity contribution < 1.29 is 0 Å². The van der Waals surface area contributed by atoms with Crippen molar-refractivity contribution in [2.45, 2.75) is 59.5 Å². The van der Waals surface area contributed by atoms with Gasteiger partial charge in [-0.2, -0.15) is 0 Å². The fraction of sp³-hybridized carbons (Fsp3) is 0.600. The summed E-state index contributed by atoms with van der Waals surface area (Å²) in [6.45, 7) is 12.1. The molecule has 0 fully saturated rings. The summed E-state index contributed by atoms with van der Waals surface area (Å²) in [4.78, 5) is 0. The number of hydrogen-bond acceptors (Lipinski definition) is 1. The normalized spacial score (nSPS) is 11.8. The summed E-state index contributed by atoms with van der Waals surface area (Å²) in [6.07, 6.45) is 2.35. The molecule has 0 atom stereocenters. The van der Waals surface area contributed by atoms with Crippen molar-refractivity contribution in [1.29, 1.82) is 0 Å². The van der Waals surface area contributed by atoms with Gasteiger partial charge in [-0.25, -0.2) is 0 Å². The summed E-state index contributed by atoms with van der Waals surface area (Å²) in [6, 6.07) is 6.69. The fourth-order valence-electron chi connectivity index (χ4n) is 1.85. The van der Waals surface area contributed by atoms with Crippen LogP contribution in [0.15, 0.2) is 18.2 Å². The van der Waals surface area contributed by atoms with Gasteiger partial charge in [0.2, 0.25) is 0 Å². The monoisotopic (exact) mass is 219 g/mol. The smallest absolute Gasteiger partial charge is 0.0213 e. The van der Waals surface area contributed by atoms with Crippen LogP contribution in [0.2, 0.25) is 0 Å². The van der Waals surface area contributed by atoms with E-state index in [0.29, 0.717) is 0 Å². The Bertz CT molecular complexity index is 337. The molecule has 0 saturated carbocycles. The van der Waals surface area contributed by atoms with Gasteiger partial charge in [-0.05, 0) is 44.7 Å². The highest BCUT2D eigenvalue weighted by Crippen LogP contribution is 2.16. The molecular formula is C15H25N. The van der Waals surface area contributed by atoms with Crippen LogP contribution in [0.1, 0.15) is 50.3 Å². The van der Waals surface area contributed by atoms with Crippen LogP contribution < -0.4 is 5.32 Å². The highest BCUT2D eigenvalue weighted by atomic mass is 15.0. The third-order valence-corrected chi connectivity index (χ3v) is 3.76.